The molecular weight excluding hydrogens is 235 g/mol. The summed E-state index contributed by atoms with van der Waals surface area (Å²) in [5.74, 6) is 5.61. The molecule has 1 rings (SSSR count). The third-order valence-electron chi connectivity index (χ3n) is 2.97. The summed E-state index contributed by atoms with van der Waals surface area (Å²) in [6.07, 6.45) is -0.136. The zero-order valence-corrected chi connectivity index (χ0v) is 11.2. The average molecular weight is 256 g/mol. The van der Waals surface area contributed by atoms with E-state index in [1.54, 1.807) is 19.2 Å². The molecule has 0 spiro atoms. The molecule has 0 aliphatic rings. The summed E-state index contributed by atoms with van der Waals surface area (Å²) in [5.41, 5.74) is 3.42. The quantitative estimate of drug-likeness (QED) is 0.604. The van der Waals surface area contributed by atoms with Crippen molar-refractivity contribution < 1.29 is 13.9 Å². The Morgan fingerprint density at radius 3 is 2.33 bits per heavy atom. The van der Waals surface area contributed by atoms with Crippen LogP contribution < -0.4 is 16.0 Å². The second-order valence-electron chi connectivity index (χ2n) is 4.48. The fourth-order valence-electron chi connectivity index (χ4n) is 2.05. The van der Waals surface area contributed by atoms with Crippen molar-refractivity contribution in [2.24, 2.45) is 11.8 Å². The zero-order valence-electron chi connectivity index (χ0n) is 11.2. The fourth-order valence-corrected chi connectivity index (χ4v) is 2.05. The zero-order chi connectivity index (χ0) is 13.7. The molecule has 0 aliphatic carbocycles. The Kier molecular flexibility index (Phi) is 5.53. The Morgan fingerprint density at radius 1 is 1.28 bits per heavy atom. The predicted octanol–water partition coefficient (Wildman–Crippen LogP) is 2.01. The van der Waals surface area contributed by atoms with Gasteiger partial charge < -0.3 is 9.47 Å². The van der Waals surface area contributed by atoms with E-state index in [-0.39, 0.29) is 23.8 Å². The third kappa shape index (κ3) is 3.19. The Morgan fingerprint density at radius 2 is 1.94 bits per heavy atom. The maximum Gasteiger partial charge on any atom is 0.165 e. The first-order chi connectivity index (χ1) is 8.54. The minimum atomic E-state index is -0.408. The van der Waals surface area contributed by atoms with E-state index in [1.165, 1.54) is 13.2 Å². The first-order valence-electron chi connectivity index (χ1n) is 5.87. The first kappa shape index (κ1) is 14.9. The number of methoxy groups -OCH3 is 2. The van der Waals surface area contributed by atoms with Crippen molar-refractivity contribution in [3.05, 3.63) is 29.6 Å². The highest BCUT2D eigenvalue weighted by Crippen LogP contribution is 2.27. The SMILES string of the molecule is COc1ccc(C(NN)C(OC)C(C)C)cc1F. The monoisotopic (exact) mass is 256 g/mol. The van der Waals surface area contributed by atoms with Crippen LogP contribution in [0.5, 0.6) is 5.75 Å². The van der Waals surface area contributed by atoms with Gasteiger partial charge in [-0.2, -0.15) is 0 Å². The molecule has 102 valence electrons. The van der Waals surface area contributed by atoms with Crippen molar-refractivity contribution in [1.29, 1.82) is 0 Å². The minimum absolute atomic E-state index is 0.136. The maximum absolute atomic E-state index is 13.7. The maximum atomic E-state index is 13.7. The van der Waals surface area contributed by atoms with Gasteiger partial charge in [0, 0.05) is 7.11 Å². The van der Waals surface area contributed by atoms with E-state index >= 15 is 0 Å². The highest BCUT2D eigenvalue weighted by molar-refractivity contribution is 5.31. The highest BCUT2D eigenvalue weighted by Gasteiger charge is 2.25. The van der Waals surface area contributed by atoms with Crippen LogP contribution in [0.4, 0.5) is 4.39 Å². The number of nitrogens with one attached hydrogen (secondary N) is 1. The van der Waals surface area contributed by atoms with Crippen molar-refractivity contribution in [1.82, 2.24) is 5.43 Å². The average Bonchev–Trinajstić information content (AvgIpc) is 2.35. The number of nitrogens with two attached hydrogens (primary N) is 1. The van der Waals surface area contributed by atoms with Gasteiger partial charge in [-0.25, -0.2) is 4.39 Å². The van der Waals surface area contributed by atoms with Crippen LogP contribution in [0.2, 0.25) is 0 Å². The largest absolute Gasteiger partial charge is 0.494 e. The summed E-state index contributed by atoms with van der Waals surface area (Å²) in [6, 6.07) is 4.51. The summed E-state index contributed by atoms with van der Waals surface area (Å²) < 4.78 is 24.0. The summed E-state index contributed by atoms with van der Waals surface area (Å²) in [6.45, 7) is 4.05. The smallest absolute Gasteiger partial charge is 0.165 e. The lowest BCUT2D eigenvalue weighted by atomic mass is 9.94. The second kappa shape index (κ2) is 6.68. The number of halogens is 1. The molecule has 0 saturated heterocycles. The Balaban J connectivity index is 3.05. The minimum Gasteiger partial charge on any atom is -0.494 e. The number of hydrazine groups is 1. The van der Waals surface area contributed by atoms with Crippen LogP contribution >= 0.6 is 0 Å². The predicted molar refractivity (Wildman–Crippen MR) is 68.7 cm³/mol. The lowest BCUT2D eigenvalue weighted by Gasteiger charge is -2.29. The van der Waals surface area contributed by atoms with E-state index < -0.39 is 5.82 Å². The molecule has 0 aromatic heterocycles. The van der Waals surface area contributed by atoms with E-state index in [1.807, 2.05) is 13.8 Å². The van der Waals surface area contributed by atoms with E-state index in [0.717, 1.165) is 5.56 Å². The summed E-state index contributed by atoms with van der Waals surface area (Å²) >= 11 is 0. The van der Waals surface area contributed by atoms with E-state index in [9.17, 15) is 4.39 Å². The van der Waals surface area contributed by atoms with Gasteiger partial charge in [-0.05, 0) is 23.6 Å². The van der Waals surface area contributed by atoms with E-state index in [0.29, 0.717) is 0 Å². The van der Waals surface area contributed by atoms with Gasteiger partial charge in [0.15, 0.2) is 11.6 Å². The van der Waals surface area contributed by atoms with Crippen molar-refractivity contribution in [2.45, 2.75) is 26.0 Å². The molecule has 4 nitrogen and oxygen atoms in total. The number of benzene rings is 1. The molecule has 0 bridgehead atoms. The standard InChI is InChI=1S/C13H21FN2O2/c1-8(2)13(18-4)12(16-15)9-5-6-11(17-3)10(14)7-9/h5-8,12-13,16H,15H2,1-4H3. The van der Waals surface area contributed by atoms with Gasteiger partial charge in [0.25, 0.3) is 0 Å². The molecule has 2 unspecified atom stereocenters. The molecule has 0 aliphatic heterocycles. The molecule has 3 N–H and O–H groups in total. The van der Waals surface area contributed by atoms with Gasteiger partial charge in [0.05, 0.1) is 19.3 Å². The Labute approximate surface area is 107 Å². The molecule has 0 saturated carbocycles. The molecule has 1 aromatic rings. The van der Waals surface area contributed by atoms with Gasteiger partial charge >= 0.3 is 0 Å². The molecular formula is C13H21FN2O2. The Bertz CT molecular complexity index is 385. The first-order valence-corrected chi connectivity index (χ1v) is 5.87. The van der Waals surface area contributed by atoms with Gasteiger partial charge in [0.1, 0.15) is 0 Å². The van der Waals surface area contributed by atoms with Crippen molar-refractivity contribution >= 4 is 0 Å². The highest BCUT2D eigenvalue weighted by atomic mass is 19.1. The molecule has 0 amide bonds. The van der Waals surface area contributed by atoms with Crippen LogP contribution in [0.1, 0.15) is 25.5 Å². The van der Waals surface area contributed by atoms with Crippen molar-refractivity contribution in [2.75, 3.05) is 14.2 Å². The Hall–Kier alpha value is -1.17. The van der Waals surface area contributed by atoms with Crippen LogP contribution in [0.15, 0.2) is 18.2 Å². The molecule has 2 atom stereocenters. The van der Waals surface area contributed by atoms with Crippen LogP contribution in [-0.4, -0.2) is 20.3 Å². The molecule has 18 heavy (non-hydrogen) atoms. The van der Waals surface area contributed by atoms with Crippen LogP contribution in [0, 0.1) is 11.7 Å². The topological polar surface area (TPSA) is 56.5 Å². The second-order valence-corrected chi connectivity index (χ2v) is 4.48. The lowest BCUT2D eigenvalue weighted by Crippen LogP contribution is -2.40. The number of hydrogen-bond donors (Lipinski definition) is 2. The number of rotatable bonds is 6. The summed E-state index contributed by atoms with van der Waals surface area (Å²) in [5, 5.41) is 0. The van der Waals surface area contributed by atoms with Gasteiger partial charge in [-0.1, -0.05) is 19.9 Å². The van der Waals surface area contributed by atoms with Gasteiger partial charge in [0.2, 0.25) is 0 Å². The number of ether oxygens (including phenoxy) is 2. The van der Waals surface area contributed by atoms with Crippen molar-refractivity contribution in [3.63, 3.8) is 0 Å². The normalized spacial score (nSPS) is 14.6. The third-order valence-corrected chi connectivity index (χ3v) is 2.97. The lowest BCUT2D eigenvalue weighted by molar-refractivity contribution is 0.0325. The van der Waals surface area contributed by atoms with E-state index in [4.69, 9.17) is 15.3 Å². The fraction of sp³-hybridized carbons (Fsp3) is 0.538. The van der Waals surface area contributed by atoms with Crippen LogP contribution in [0.3, 0.4) is 0 Å². The molecule has 5 heteroatoms. The van der Waals surface area contributed by atoms with Crippen LogP contribution in [0.25, 0.3) is 0 Å². The van der Waals surface area contributed by atoms with Crippen molar-refractivity contribution in [3.8, 4) is 5.75 Å². The molecule has 0 fully saturated rings. The molecule has 0 heterocycles. The molecule has 1 aromatic carbocycles. The summed E-state index contributed by atoms with van der Waals surface area (Å²) in [7, 11) is 3.05. The van der Waals surface area contributed by atoms with Crippen LogP contribution in [-0.2, 0) is 4.74 Å². The number of hydrogen-bond acceptors (Lipinski definition) is 4. The molecule has 0 radical (unpaired) electrons. The van der Waals surface area contributed by atoms with E-state index in [2.05, 4.69) is 5.43 Å². The van der Waals surface area contributed by atoms with Gasteiger partial charge in [-0.15, -0.1) is 0 Å². The summed E-state index contributed by atoms with van der Waals surface area (Å²) in [4.78, 5) is 0. The van der Waals surface area contributed by atoms with Gasteiger partial charge in [-0.3, -0.25) is 11.3 Å².